The number of carbonyl (C=O) groups is 1. The van der Waals surface area contributed by atoms with Crippen LogP contribution in [0.4, 0.5) is 5.69 Å². The van der Waals surface area contributed by atoms with Gasteiger partial charge in [0.2, 0.25) is 0 Å². The Balaban J connectivity index is 2.17. The van der Waals surface area contributed by atoms with Crippen LogP contribution in [0.15, 0.2) is 24.3 Å². The van der Waals surface area contributed by atoms with E-state index >= 15 is 0 Å². The third-order valence-electron chi connectivity index (χ3n) is 3.17. The fourth-order valence-corrected chi connectivity index (χ4v) is 2.13. The van der Waals surface area contributed by atoms with Gasteiger partial charge < -0.3 is 9.64 Å². The SMILES string of the molecule is CN(C(=O)C1CCCCO1)c1ccccc1C#N. The van der Waals surface area contributed by atoms with E-state index in [2.05, 4.69) is 6.07 Å². The second kappa shape index (κ2) is 5.65. The van der Waals surface area contributed by atoms with Gasteiger partial charge in [-0.05, 0) is 31.4 Å². The molecule has 1 fully saturated rings. The molecule has 4 nitrogen and oxygen atoms in total. The van der Waals surface area contributed by atoms with Crippen molar-refractivity contribution in [3.05, 3.63) is 29.8 Å². The highest BCUT2D eigenvalue weighted by Gasteiger charge is 2.26. The third-order valence-corrected chi connectivity index (χ3v) is 3.17. The third kappa shape index (κ3) is 2.52. The maximum Gasteiger partial charge on any atom is 0.255 e. The Morgan fingerprint density at radius 3 is 2.89 bits per heavy atom. The fraction of sp³-hybridized carbons (Fsp3) is 0.429. The normalized spacial score (nSPS) is 19.0. The number of carbonyl (C=O) groups excluding carboxylic acids is 1. The number of ether oxygens (including phenoxy) is 1. The monoisotopic (exact) mass is 244 g/mol. The molecule has 0 aliphatic carbocycles. The van der Waals surface area contributed by atoms with Crippen molar-refractivity contribution in [3.63, 3.8) is 0 Å². The van der Waals surface area contributed by atoms with Crippen molar-refractivity contribution in [2.45, 2.75) is 25.4 Å². The average molecular weight is 244 g/mol. The number of nitriles is 1. The number of benzene rings is 1. The van der Waals surface area contributed by atoms with Crippen LogP contribution in [-0.4, -0.2) is 25.7 Å². The highest BCUT2D eigenvalue weighted by molar-refractivity contribution is 5.97. The second-order valence-corrected chi connectivity index (χ2v) is 4.38. The van der Waals surface area contributed by atoms with Gasteiger partial charge in [0.25, 0.3) is 5.91 Å². The molecule has 0 aromatic heterocycles. The Morgan fingerprint density at radius 1 is 1.44 bits per heavy atom. The fourth-order valence-electron chi connectivity index (χ4n) is 2.13. The Kier molecular flexibility index (Phi) is 3.96. The van der Waals surface area contributed by atoms with Crippen molar-refractivity contribution >= 4 is 11.6 Å². The van der Waals surface area contributed by atoms with Crippen molar-refractivity contribution in [1.82, 2.24) is 0 Å². The second-order valence-electron chi connectivity index (χ2n) is 4.38. The summed E-state index contributed by atoms with van der Waals surface area (Å²) >= 11 is 0. The number of hydrogen-bond donors (Lipinski definition) is 0. The maximum atomic E-state index is 12.3. The predicted molar refractivity (Wildman–Crippen MR) is 68.2 cm³/mol. The zero-order valence-electron chi connectivity index (χ0n) is 10.4. The molecule has 0 radical (unpaired) electrons. The molecule has 1 saturated heterocycles. The summed E-state index contributed by atoms with van der Waals surface area (Å²) in [4.78, 5) is 13.8. The maximum absolute atomic E-state index is 12.3. The smallest absolute Gasteiger partial charge is 0.255 e. The van der Waals surface area contributed by atoms with E-state index in [1.165, 1.54) is 4.90 Å². The van der Waals surface area contributed by atoms with E-state index in [0.717, 1.165) is 19.3 Å². The number of anilines is 1. The zero-order chi connectivity index (χ0) is 13.0. The molecule has 2 rings (SSSR count). The number of para-hydroxylation sites is 1. The van der Waals surface area contributed by atoms with Gasteiger partial charge >= 0.3 is 0 Å². The summed E-state index contributed by atoms with van der Waals surface area (Å²) in [5.41, 5.74) is 1.14. The molecule has 1 atom stereocenters. The molecule has 1 amide bonds. The van der Waals surface area contributed by atoms with E-state index in [0.29, 0.717) is 17.9 Å². The van der Waals surface area contributed by atoms with Gasteiger partial charge in [-0.2, -0.15) is 5.26 Å². The highest BCUT2D eigenvalue weighted by atomic mass is 16.5. The lowest BCUT2D eigenvalue weighted by Gasteiger charge is -2.27. The molecule has 0 bridgehead atoms. The van der Waals surface area contributed by atoms with Crippen molar-refractivity contribution in [1.29, 1.82) is 5.26 Å². The lowest BCUT2D eigenvalue weighted by atomic mass is 10.1. The Morgan fingerprint density at radius 2 is 2.22 bits per heavy atom. The summed E-state index contributed by atoms with van der Waals surface area (Å²) in [5, 5.41) is 9.04. The summed E-state index contributed by atoms with van der Waals surface area (Å²) in [6.07, 6.45) is 2.43. The minimum Gasteiger partial charge on any atom is -0.368 e. The van der Waals surface area contributed by atoms with Crippen LogP contribution in [0.25, 0.3) is 0 Å². The topological polar surface area (TPSA) is 53.3 Å². The van der Waals surface area contributed by atoms with E-state index in [4.69, 9.17) is 10.00 Å². The van der Waals surface area contributed by atoms with Crippen molar-refractivity contribution < 1.29 is 9.53 Å². The summed E-state index contributed by atoms with van der Waals surface area (Å²) in [6, 6.07) is 9.20. The molecule has 18 heavy (non-hydrogen) atoms. The van der Waals surface area contributed by atoms with E-state index < -0.39 is 0 Å². The molecule has 1 heterocycles. The van der Waals surface area contributed by atoms with E-state index in [-0.39, 0.29) is 12.0 Å². The van der Waals surface area contributed by atoms with Crippen LogP contribution in [0, 0.1) is 11.3 Å². The van der Waals surface area contributed by atoms with Gasteiger partial charge in [-0.25, -0.2) is 0 Å². The van der Waals surface area contributed by atoms with Gasteiger partial charge in [0, 0.05) is 13.7 Å². The van der Waals surface area contributed by atoms with Crippen LogP contribution in [0.3, 0.4) is 0 Å². The van der Waals surface area contributed by atoms with Gasteiger partial charge in [0.1, 0.15) is 12.2 Å². The number of likely N-dealkylation sites (N-methyl/N-ethyl adjacent to an activating group) is 1. The molecule has 4 heteroatoms. The van der Waals surface area contributed by atoms with Crippen molar-refractivity contribution in [2.24, 2.45) is 0 Å². The number of nitrogens with zero attached hydrogens (tertiary/aromatic N) is 2. The van der Waals surface area contributed by atoms with Crippen molar-refractivity contribution in [2.75, 3.05) is 18.6 Å². The summed E-state index contributed by atoms with van der Waals surface area (Å²) in [5.74, 6) is -0.0719. The highest BCUT2D eigenvalue weighted by Crippen LogP contribution is 2.22. The molecule has 1 aliphatic rings. The molecule has 0 N–H and O–H groups in total. The van der Waals surface area contributed by atoms with Crippen LogP contribution in [-0.2, 0) is 9.53 Å². The lowest BCUT2D eigenvalue weighted by molar-refractivity contribution is -0.132. The van der Waals surface area contributed by atoms with Crippen LogP contribution in [0.1, 0.15) is 24.8 Å². The Bertz CT molecular complexity index is 473. The minimum atomic E-state index is -0.365. The average Bonchev–Trinajstić information content (AvgIpc) is 2.46. The van der Waals surface area contributed by atoms with Crippen LogP contribution in [0.2, 0.25) is 0 Å². The molecular formula is C14H16N2O2. The van der Waals surface area contributed by atoms with Crippen LogP contribution >= 0.6 is 0 Å². The molecule has 0 saturated carbocycles. The molecule has 1 aliphatic heterocycles. The Hall–Kier alpha value is -1.86. The zero-order valence-corrected chi connectivity index (χ0v) is 10.4. The van der Waals surface area contributed by atoms with Gasteiger partial charge in [-0.1, -0.05) is 12.1 Å². The number of rotatable bonds is 2. The first-order valence-electron chi connectivity index (χ1n) is 6.12. The first-order valence-corrected chi connectivity index (χ1v) is 6.12. The largest absolute Gasteiger partial charge is 0.368 e. The molecular weight excluding hydrogens is 228 g/mol. The quantitative estimate of drug-likeness (QED) is 0.800. The van der Waals surface area contributed by atoms with Gasteiger partial charge in [-0.3, -0.25) is 4.79 Å². The summed E-state index contributed by atoms with van der Waals surface area (Å²) in [7, 11) is 1.69. The van der Waals surface area contributed by atoms with Crippen LogP contribution in [0.5, 0.6) is 0 Å². The van der Waals surface area contributed by atoms with Gasteiger partial charge in [0.15, 0.2) is 0 Å². The summed E-state index contributed by atoms with van der Waals surface area (Å²) in [6.45, 7) is 0.643. The Labute approximate surface area is 107 Å². The molecule has 0 spiro atoms. The number of hydrogen-bond acceptors (Lipinski definition) is 3. The lowest BCUT2D eigenvalue weighted by Crippen LogP contribution is -2.40. The minimum absolute atomic E-state index is 0.0719. The first kappa shape index (κ1) is 12.6. The standard InChI is InChI=1S/C14H16N2O2/c1-16(12-7-3-2-6-11(12)10-15)14(17)13-8-4-5-9-18-13/h2-3,6-7,13H,4-5,8-9H2,1H3. The van der Waals surface area contributed by atoms with Crippen LogP contribution < -0.4 is 4.90 Å². The molecule has 1 unspecified atom stereocenters. The number of amides is 1. The molecule has 1 aromatic carbocycles. The summed E-state index contributed by atoms with van der Waals surface area (Å²) < 4.78 is 5.48. The first-order chi connectivity index (χ1) is 8.74. The van der Waals surface area contributed by atoms with E-state index in [1.54, 1.807) is 25.2 Å². The molecule has 94 valence electrons. The van der Waals surface area contributed by atoms with Gasteiger partial charge in [-0.15, -0.1) is 0 Å². The predicted octanol–water partition coefficient (Wildman–Crippen LogP) is 2.09. The van der Waals surface area contributed by atoms with Crippen molar-refractivity contribution in [3.8, 4) is 6.07 Å². The van der Waals surface area contributed by atoms with E-state index in [9.17, 15) is 4.79 Å². The van der Waals surface area contributed by atoms with E-state index in [1.807, 2.05) is 6.07 Å². The van der Waals surface area contributed by atoms with Gasteiger partial charge in [0.05, 0.1) is 11.3 Å². The molecule has 1 aromatic rings.